The van der Waals surface area contributed by atoms with Gasteiger partial charge in [0.25, 0.3) is 0 Å². The molecule has 2 fully saturated rings. The highest BCUT2D eigenvalue weighted by atomic mass is 16.2. The lowest BCUT2D eigenvalue weighted by molar-refractivity contribution is -0.134. The van der Waals surface area contributed by atoms with Crippen LogP contribution < -0.4 is 5.32 Å². The molecule has 2 aliphatic heterocycles. The lowest BCUT2D eigenvalue weighted by atomic mass is 10.3. The second-order valence-electron chi connectivity index (χ2n) is 4.91. The summed E-state index contributed by atoms with van der Waals surface area (Å²) in [5.74, 6) is 0.343. The first kappa shape index (κ1) is 13.3. The van der Waals surface area contributed by atoms with E-state index in [1.807, 2.05) is 9.80 Å². The van der Waals surface area contributed by atoms with Crippen LogP contribution in [0.1, 0.15) is 6.92 Å². The van der Waals surface area contributed by atoms with Crippen LogP contribution in [0.25, 0.3) is 0 Å². The van der Waals surface area contributed by atoms with Gasteiger partial charge in [-0.1, -0.05) is 0 Å². The van der Waals surface area contributed by atoms with Crippen LogP contribution in [-0.2, 0) is 9.59 Å². The van der Waals surface area contributed by atoms with Gasteiger partial charge in [-0.25, -0.2) is 0 Å². The van der Waals surface area contributed by atoms with E-state index in [4.69, 9.17) is 0 Å². The lowest BCUT2D eigenvalue weighted by Gasteiger charge is -2.35. The minimum absolute atomic E-state index is 0.128. The van der Waals surface area contributed by atoms with Crippen molar-refractivity contribution in [2.75, 3.05) is 58.9 Å². The second kappa shape index (κ2) is 6.15. The van der Waals surface area contributed by atoms with E-state index in [2.05, 4.69) is 10.2 Å². The van der Waals surface area contributed by atoms with Gasteiger partial charge < -0.3 is 15.1 Å². The standard InChI is InChI=1S/C12H22N4O2/c1-11(17)15-8-6-14(7-9-15)10-12(18)16-4-2-13-3-5-16/h13H,2-10H2,1H3. The fourth-order valence-corrected chi connectivity index (χ4v) is 2.43. The van der Waals surface area contributed by atoms with E-state index in [9.17, 15) is 9.59 Å². The van der Waals surface area contributed by atoms with Gasteiger partial charge in [0.15, 0.2) is 0 Å². The molecule has 0 unspecified atom stereocenters. The van der Waals surface area contributed by atoms with Crippen molar-refractivity contribution < 1.29 is 9.59 Å². The predicted octanol–water partition coefficient (Wildman–Crippen LogP) is -1.42. The van der Waals surface area contributed by atoms with Crippen molar-refractivity contribution in [2.45, 2.75) is 6.92 Å². The zero-order valence-electron chi connectivity index (χ0n) is 11.0. The van der Waals surface area contributed by atoms with E-state index in [1.54, 1.807) is 6.92 Å². The van der Waals surface area contributed by atoms with Crippen LogP contribution in [0.2, 0.25) is 0 Å². The van der Waals surface area contributed by atoms with Crippen LogP contribution in [0, 0.1) is 0 Å². The van der Waals surface area contributed by atoms with Gasteiger partial charge in [-0.3, -0.25) is 14.5 Å². The van der Waals surface area contributed by atoms with E-state index in [0.29, 0.717) is 6.54 Å². The van der Waals surface area contributed by atoms with Crippen LogP contribution in [0.5, 0.6) is 0 Å². The smallest absolute Gasteiger partial charge is 0.236 e. The molecule has 2 heterocycles. The number of rotatable bonds is 2. The Kier molecular flexibility index (Phi) is 4.54. The van der Waals surface area contributed by atoms with Crippen LogP contribution in [0.4, 0.5) is 0 Å². The Morgan fingerprint density at radius 1 is 0.944 bits per heavy atom. The summed E-state index contributed by atoms with van der Waals surface area (Å²) in [6.07, 6.45) is 0. The SMILES string of the molecule is CC(=O)N1CCN(CC(=O)N2CCNCC2)CC1. The molecule has 0 aromatic carbocycles. The number of piperazine rings is 2. The molecule has 0 aromatic heterocycles. The molecule has 2 aliphatic rings. The van der Waals surface area contributed by atoms with Gasteiger partial charge in [0, 0.05) is 59.3 Å². The van der Waals surface area contributed by atoms with Crippen LogP contribution >= 0.6 is 0 Å². The van der Waals surface area contributed by atoms with Crippen molar-refractivity contribution in [3.8, 4) is 0 Å². The summed E-state index contributed by atoms with van der Waals surface area (Å²) in [5, 5.41) is 3.24. The average molecular weight is 254 g/mol. The molecule has 1 N–H and O–H groups in total. The number of nitrogens with one attached hydrogen (secondary N) is 1. The second-order valence-corrected chi connectivity index (χ2v) is 4.91. The molecule has 0 atom stereocenters. The maximum absolute atomic E-state index is 12.1. The zero-order valence-corrected chi connectivity index (χ0v) is 11.0. The number of hydrogen-bond donors (Lipinski definition) is 1. The summed E-state index contributed by atoms with van der Waals surface area (Å²) in [5.41, 5.74) is 0. The molecule has 0 spiro atoms. The molecular formula is C12H22N4O2. The normalized spacial score (nSPS) is 22.1. The monoisotopic (exact) mass is 254 g/mol. The average Bonchev–Trinajstić information content (AvgIpc) is 2.40. The van der Waals surface area contributed by atoms with Gasteiger partial charge in [-0.2, -0.15) is 0 Å². The van der Waals surface area contributed by atoms with Gasteiger partial charge in [-0.05, 0) is 0 Å². The third kappa shape index (κ3) is 3.43. The van der Waals surface area contributed by atoms with Gasteiger partial charge in [0.2, 0.25) is 11.8 Å². The molecule has 0 saturated carbocycles. The minimum Gasteiger partial charge on any atom is -0.340 e. The molecule has 6 nitrogen and oxygen atoms in total. The zero-order chi connectivity index (χ0) is 13.0. The number of hydrogen-bond acceptors (Lipinski definition) is 4. The van der Waals surface area contributed by atoms with Crippen LogP contribution in [0.3, 0.4) is 0 Å². The van der Waals surface area contributed by atoms with Crippen LogP contribution in [0.15, 0.2) is 0 Å². The van der Waals surface area contributed by atoms with E-state index in [-0.39, 0.29) is 11.8 Å². The highest BCUT2D eigenvalue weighted by Crippen LogP contribution is 2.03. The van der Waals surface area contributed by atoms with Crippen molar-refractivity contribution >= 4 is 11.8 Å². The fourth-order valence-electron chi connectivity index (χ4n) is 2.43. The number of carbonyl (C=O) groups is 2. The number of carbonyl (C=O) groups excluding carboxylic acids is 2. The van der Waals surface area contributed by atoms with Crippen molar-refractivity contribution in [3.63, 3.8) is 0 Å². The first-order valence-electron chi connectivity index (χ1n) is 6.63. The van der Waals surface area contributed by atoms with Crippen molar-refractivity contribution in [3.05, 3.63) is 0 Å². The Hall–Kier alpha value is -1.14. The summed E-state index contributed by atoms with van der Waals surface area (Å²) < 4.78 is 0. The summed E-state index contributed by atoms with van der Waals surface area (Å²) in [6, 6.07) is 0. The quantitative estimate of drug-likeness (QED) is 0.657. The topological polar surface area (TPSA) is 55.9 Å². The number of nitrogens with zero attached hydrogens (tertiary/aromatic N) is 3. The molecule has 102 valence electrons. The third-order valence-corrected chi connectivity index (χ3v) is 3.65. The first-order valence-corrected chi connectivity index (χ1v) is 6.63. The maximum atomic E-state index is 12.1. The Labute approximate surface area is 108 Å². The highest BCUT2D eigenvalue weighted by molar-refractivity contribution is 5.78. The Balaban J connectivity index is 1.73. The van der Waals surface area contributed by atoms with Crippen LogP contribution in [-0.4, -0.2) is 85.4 Å². The van der Waals surface area contributed by atoms with Gasteiger partial charge >= 0.3 is 0 Å². The molecule has 0 aromatic rings. The van der Waals surface area contributed by atoms with E-state index < -0.39 is 0 Å². The maximum Gasteiger partial charge on any atom is 0.236 e. The largest absolute Gasteiger partial charge is 0.340 e. The van der Waals surface area contributed by atoms with Gasteiger partial charge in [0.1, 0.15) is 0 Å². The minimum atomic E-state index is 0.128. The summed E-state index contributed by atoms with van der Waals surface area (Å²) in [6.45, 7) is 8.59. The third-order valence-electron chi connectivity index (χ3n) is 3.65. The van der Waals surface area contributed by atoms with E-state index >= 15 is 0 Å². The molecule has 0 aliphatic carbocycles. The molecule has 18 heavy (non-hydrogen) atoms. The highest BCUT2D eigenvalue weighted by Gasteiger charge is 2.23. The first-order chi connectivity index (χ1) is 8.66. The van der Waals surface area contributed by atoms with Gasteiger partial charge in [0.05, 0.1) is 6.54 Å². The molecule has 2 rings (SSSR count). The Bertz CT molecular complexity index is 307. The Morgan fingerprint density at radius 3 is 2.11 bits per heavy atom. The van der Waals surface area contributed by atoms with E-state index in [1.165, 1.54) is 0 Å². The van der Waals surface area contributed by atoms with Gasteiger partial charge in [-0.15, -0.1) is 0 Å². The fraction of sp³-hybridized carbons (Fsp3) is 0.833. The molecule has 6 heteroatoms. The molecule has 2 amide bonds. The summed E-state index contributed by atoms with van der Waals surface area (Å²) >= 11 is 0. The number of amides is 2. The summed E-state index contributed by atoms with van der Waals surface area (Å²) in [4.78, 5) is 29.2. The predicted molar refractivity (Wildman–Crippen MR) is 68.1 cm³/mol. The molecule has 0 bridgehead atoms. The van der Waals surface area contributed by atoms with Crippen molar-refractivity contribution in [1.29, 1.82) is 0 Å². The van der Waals surface area contributed by atoms with E-state index in [0.717, 1.165) is 52.4 Å². The van der Waals surface area contributed by atoms with Crippen molar-refractivity contribution in [1.82, 2.24) is 20.0 Å². The Morgan fingerprint density at radius 2 is 1.56 bits per heavy atom. The molecule has 0 radical (unpaired) electrons. The lowest BCUT2D eigenvalue weighted by Crippen LogP contribution is -2.53. The van der Waals surface area contributed by atoms with Crippen molar-refractivity contribution in [2.24, 2.45) is 0 Å². The molecule has 2 saturated heterocycles. The molecular weight excluding hydrogens is 232 g/mol. The summed E-state index contributed by atoms with van der Waals surface area (Å²) in [7, 11) is 0.